The van der Waals surface area contributed by atoms with Gasteiger partial charge in [0.1, 0.15) is 5.82 Å². The Labute approximate surface area is 109 Å². The SMILES string of the molecule is Cc1nnc2c(NC(=O)c3ccncc3)cccn12. The molecule has 0 saturated heterocycles. The highest BCUT2D eigenvalue weighted by atomic mass is 16.1. The van der Waals surface area contributed by atoms with Crippen molar-refractivity contribution in [2.75, 3.05) is 5.32 Å². The normalized spacial score (nSPS) is 10.6. The molecule has 0 aliphatic heterocycles. The van der Waals surface area contributed by atoms with Crippen LogP contribution in [0, 0.1) is 6.92 Å². The van der Waals surface area contributed by atoms with Crippen LogP contribution >= 0.6 is 0 Å². The van der Waals surface area contributed by atoms with Crippen molar-refractivity contribution in [2.45, 2.75) is 6.92 Å². The van der Waals surface area contributed by atoms with Gasteiger partial charge in [0.25, 0.3) is 5.91 Å². The number of fused-ring (bicyclic) bond motifs is 1. The standard InChI is InChI=1S/C13H11N5O/c1-9-16-17-12-11(3-2-8-18(9)12)15-13(19)10-4-6-14-7-5-10/h2-8H,1H3,(H,15,19). The van der Waals surface area contributed by atoms with Crippen LogP contribution in [-0.4, -0.2) is 25.5 Å². The van der Waals surface area contributed by atoms with Crippen molar-refractivity contribution in [3.05, 3.63) is 54.2 Å². The van der Waals surface area contributed by atoms with Crippen LogP contribution in [0.4, 0.5) is 5.69 Å². The minimum atomic E-state index is -0.198. The summed E-state index contributed by atoms with van der Waals surface area (Å²) in [6.45, 7) is 1.86. The van der Waals surface area contributed by atoms with E-state index < -0.39 is 0 Å². The third-order valence-electron chi connectivity index (χ3n) is 2.80. The van der Waals surface area contributed by atoms with Crippen molar-refractivity contribution in [2.24, 2.45) is 0 Å². The highest BCUT2D eigenvalue weighted by Crippen LogP contribution is 2.16. The molecule has 3 aromatic heterocycles. The van der Waals surface area contributed by atoms with Crippen molar-refractivity contribution in [1.29, 1.82) is 0 Å². The summed E-state index contributed by atoms with van der Waals surface area (Å²) in [5, 5.41) is 10.9. The van der Waals surface area contributed by atoms with Crippen LogP contribution in [0.15, 0.2) is 42.9 Å². The molecule has 3 rings (SSSR count). The van der Waals surface area contributed by atoms with Crippen molar-refractivity contribution in [3.63, 3.8) is 0 Å². The van der Waals surface area contributed by atoms with E-state index in [1.807, 2.05) is 23.6 Å². The Morgan fingerprint density at radius 1 is 1.21 bits per heavy atom. The van der Waals surface area contributed by atoms with Crippen LogP contribution in [0.5, 0.6) is 0 Å². The van der Waals surface area contributed by atoms with Gasteiger partial charge in [0.15, 0.2) is 5.65 Å². The highest BCUT2D eigenvalue weighted by Gasteiger charge is 2.10. The van der Waals surface area contributed by atoms with E-state index in [2.05, 4.69) is 20.5 Å². The van der Waals surface area contributed by atoms with Crippen LogP contribution in [0.25, 0.3) is 5.65 Å². The van der Waals surface area contributed by atoms with E-state index in [4.69, 9.17) is 0 Å². The fraction of sp³-hybridized carbons (Fsp3) is 0.0769. The zero-order chi connectivity index (χ0) is 13.2. The summed E-state index contributed by atoms with van der Waals surface area (Å²) in [6, 6.07) is 6.95. The molecule has 94 valence electrons. The van der Waals surface area contributed by atoms with Gasteiger partial charge in [0.05, 0.1) is 5.69 Å². The topological polar surface area (TPSA) is 72.2 Å². The summed E-state index contributed by atoms with van der Waals surface area (Å²) >= 11 is 0. The summed E-state index contributed by atoms with van der Waals surface area (Å²) in [7, 11) is 0. The van der Waals surface area contributed by atoms with E-state index in [0.717, 1.165) is 5.82 Å². The van der Waals surface area contributed by atoms with Crippen molar-refractivity contribution in [1.82, 2.24) is 19.6 Å². The van der Waals surface area contributed by atoms with E-state index in [1.165, 1.54) is 0 Å². The van der Waals surface area contributed by atoms with Gasteiger partial charge in [-0.05, 0) is 31.2 Å². The maximum absolute atomic E-state index is 12.1. The van der Waals surface area contributed by atoms with Crippen molar-refractivity contribution < 1.29 is 4.79 Å². The molecule has 19 heavy (non-hydrogen) atoms. The molecule has 0 radical (unpaired) electrons. The number of nitrogens with zero attached hydrogens (tertiary/aromatic N) is 4. The zero-order valence-corrected chi connectivity index (χ0v) is 10.2. The summed E-state index contributed by atoms with van der Waals surface area (Å²) in [5.74, 6) is 0.575. The summed E-state index contributed by atoms with van der Waals surface area (Å²) in [6.07, 6.45) is 5.01. The molecule has 3 aromatic rings. The number of pyridine rings is 2. The fourth-order valence-corrected chi connectivity index (χ4v) is 1.83. The van der Waals surface area contributed by atoms with Gasteiger partial charge in [-0.25, -0.2) is 0 Å². The molecule has 1 amide bonds. The monoisotopic (exact) mass is 253 g/mol. The Kier molecular flexibility index (Phi) is 2.68. The van der Waals surface area contributed by atoms with Gasteiger partial charge in [0, 0.05) is 24.2 Å². The molecule has 0 saturated carbocycles. The maximum Gasteiger partial charge on any atom is 0.255 e. The molecule has 0 atom stereocenters. The predicted octanol–water partition coefficient (Wildman–Crippen LogP) is 1.69. The molecule has 1 N–H and O–H groups in total. The van der Waals surface area contributed by atoms with Gasteiger partial charge in [-0.15, -0.1) is 10.2 Å². The smallest absolute Gasteiger partial charge is 0.255 e. The van der Waals surface area contributed by atoms with Crippen LogP contribution in [0.1, 0.15) is 16.2 Å². The molecule has 0 fully saturated rings. The second-order valence-corrected chi connectivity index (χ2v) is 4.05. The van der Waals surface area contributed by atoms with E-state index in [1.54, 1.807) is 30.6 Å². The first-order valence-corrected chi connectivity index (χ1v) is 5.77. The van der Waals surface area contributed by atoms with Crippen LogP contribution in [-0.2, 0) is 0 Å². The molecular formula is C13H11N5O. The Morgan fingerprint density at radius 3 is 2.79 bits per heavy atom. The van der Waals surface area contributed by atoms with Gasteiger partial charge >= 0.3 is 0 Å². The lowest BCUT2D eigenvalue weighted by Crippen LogP contribution is -2.12. The quantitative estimate of drug-likeness (QED) is 0.754. The number of anilines is 1. The first-order valence-electron chi connectivity index (χ1n) is 5.77. The molecule has 0 aliphatic rings. The third kappa shape index (κ3) is 2.03. The molecular weight excluding hydrogens is 242 g/mol. The van der Waals surface area contributed by atoms with E-state index >= 15 is 0 Å². The average Bonchev–Trinajstić information content (AvgIpc) is 2.83. The van der Waals surface area contributed by atoms with E-state index in [0.29, 0.717) is 16.9 Å². The lowest BCUT2D eigenvalue weighted by atomic mass is 10.2. The number of rotatable bonds is 2. The predicted molar refractivity (Wildman–Crippen MR) is 69.9 cm³/mol. The van der Waals surface area contributed by atoms with E-state index in [9.17, 15) is 4.79 Å². The second kappa shape index (κ2) is 4.49. The Balaban J connectivity index is 1.96. The number of nitrogens with one attached hydrogen (secondary N) is 1. The number of carbonyl (C=O) groups excluding carboxylic acids is 1. The molecule has 0 unspecified atom stereocenters. The average molecular weight is 253 g/mol. The molecule has 0 aliphatic carbocycles. The molecule has 3 heterocycles. The lowest BCUT2D eigenvalue weighted by Gasteiger charge is -2.06. The van der Waals surface area contributed by atoms with Gasteiger partial charge in [-0.3, -0.25) is 14.2 Å². The number of hydrogen-bond acceptors (Lipinski definition) is 4. The highest BCUT2D eigenvalue weighted by molar-refractivity contribution is 6.05. The Hall–Kier alpha value is -2.76. The number of amides is 1. The minimum Gasteiger partial charge on any atom is -0.319 e. The first-order chi connectivity index (χ1) is 9.25. The van der Waals surface area contributed by atoms with Crippen molar-refractivity contribution >= 4 is 17.2 Å². The number of hydrogen-bond donors (Lipinski definition) is 1. The fourth-order valence-electron chi connectivity index (χ4n) is 1.83. The first kappa shape index (κ1) is 11.3. The second-order valence-electron chi connectivity index (χ2n) is 4.05. The summed E-state index contributed by atoms with van der Waals surface area (Å²) in [4.78, 5) is 15.9. The Bertz CT molecular complexity index is 735. The molecule has 0 aromatic carbocycles. The van der Waals surface area contributed by atoms with Gasteiger partial charge in [0.2, 0.25) is 0 Å². The summed E-state index contributed by atoms with van der Waals surface area (Å²) in [5.41, 5.74) is 1.81. The van der Waals surface area contributed by atoms with E-state index in [-0.39, 0.29) is 5.91 Å². The van der Waals surface area contributed by atoms with Crippen LogP contribution in [0.2, 0.25) is 0 Å². The maximum atomic E-state index is 12.1. The molecule has 6 heteroatoms. The minimum absolute atomic E-state index is 0.198. The van der Waals surface area contributed by atoms with Gasteiger partial charge < -0.3 is 5.32 Å². The number of carbonyl (C=O) groups is 1. The third-order valence-corrected chi connectivity index (χ3v) is 2.80. The molecule has 0 spiro atoms. The summed E-state index contributed by atoms with van der Waals surface area (Å²) < 4.78 is 1.82. The number of aromatic nitrogens is 4. The molecule has 0 bridgehead atoms. The number of aryl methyl sites for hydroxylation is 1. The van der Waals surface area contributed by atoms with Gasteiger partial charge in [-0.2, -0.15) is 0 Å². The van der Waals surface area contributed by atoms with Gasteiger partial charge in [-0.1, -0.05) is 0 Å². The zero-order valence-electron chi connectivity index (χ0n) is 10.2. The molecule has 6 nitrogen and oxygen atoms in total. The van der Waals surface area contributed by atoms with Crippen LogP contribution < -0.4 is 5.32 Å². The van der Waals surface area contributed by atoms with Crippen molar-refractivity contribution in [3.8, 4) is 0 Å². The van der Waals surface area contributed by atoms with Crippen LogP contribution in [0.3, 0.4) is 0 Å². The largest absolute Gasteiger partial charge is 0.319 e. The Morgan fingerprint density at radius 2 is 2.00 bits per heavy atom. The lowest BCUT2D eigenvalue weighted by molar-refractivity contribution is 0.102.